The number of hydrogen-bond donors (Lipinski definition) is 6. The van der Waals surface area contributed by atoms with Crippen LogP contribution >= 0.6 is 12.6 Å². The van der Waals surface area contributed by atoms with Crippen LogP contribution in [0, 0.1) is 0 Å². The second kappa shape index (κ2) is 10.1. The summed E-state index contributed by atoms with van der Waals surface area (Å²) < 4.78 is 0. The van der Waals surface area contributed by atoms with Crippen LogP contribution in [-0.4, -0.2) is 80.6 Å². The van der Waals surface area contributed by atoms with Gasteiger partial charge in [-0.1, -0.05) is 0 Å². The summed E-state index contributed by atoms with van der Waals surface area (Å²) in [7, 11) is 0. The van der Waals surface area contributed by atoms with Gasteiger partial charge in [0.05, 0.1) is 12.4 Å². The molecule has 1 aromatic rings. The van der Waals surface area contributed by atoms with Crippen LogP contribution in [0.3, 0.4) is 0 Å². The Labute approximate surface area is 166 Å². The zero-order valence-corrected chi connectivity index (χ0v) is 16.0. The van der Waals surface area contributed by atoms with Gasteiger partial charge in [0.2, 0.25) is 17.7 Å². The number of aromatic nitrogens is 2. The Morgan fingerprint density at radius 2 is 2.18 bits per heavy atom. The number of likely N-dealkylation sites (tertiary alicyclic amines) is 1. The molecule has 2 heterocycles. The van der Waals surface area contributed by atoms with Crippen molar-refractivity contribution in [1.29, 1.82) is 0 Å². The molecule has 1 fully saturated rings. The van der Waals surface area contributed by atoms with E-state index < -0.39 is 48.4 Å². The van der Waals surface area contributed by atoms with Crippen LogP contribution in [0.2, 0.25) is 0 Å². The lowest BCUT2D eigenvalue weighted by molar-refractivity contribution is -0.142. The lowest BCUT2D eigenvalue weighted by Gasteiger charge is -2.28. The van der Waals surface area contributed by atoms with Crippen LogP contribution in [0.1, 0.15) is 18.5 Å². The molecule has 3 atom stereocenters. The average molecular weight is 412 g/mol. The molecule has 154 valence electrons. The second-order valence-electron chi connectivity index (χ2n) is 6.43. The highest BCUT2D eigenvalue weighted by Gasteiger charge is 2.37. The van der Waals surface area contributed by atoms with E-state index >= 15 is 0 Å². The number of carboxylic acid groups (broad SMARTS) is 1. The Hall–Kier alpha value is -2.60. The number of rotatable bonds is 9. The first-order valence-corrected chi connectivity index (χ1v) is 9.40. The fraction of sp³-hybridized carbons (Fsp3) is 0.562. The van der Waals surface area contributed by atoms with E-state index in [1.165, 1.54) is 11.2 Å². The molecule has 11 nitrogen and oxygen atoms in total. The number of carbonyl (C=O) groups excluding carboxylic acids is 3. The van der Waals surface area contributed by atoms with Crippen molar-refractivity contribution in [1.82, 2.24) is 25.5 Å². The van der Waals surface area contributed by atoms with E-state index in [1.54, 1.807) is 6.20 Å². The van der Waals surface area contributed by atoms with Crippen LogP contribution in [0.25, 0.3) is 0 Å². The Balaban J connectivity index is 1.96. The van der Waals surface area contributed by atoms with Gasteiger partial charge in [-0.25, -0.2) is 4.98 Å². The Bertz CT molecular complexity index is 712. The maximum atomic E-state index is 12.8. The molecular weight excluding hydrogens is 388 g/mol. The standard InChI is InChI=1S/C16H24N6O5S/c17-10(4-9-5-18-8-20-9)14(25)21-11(7-28)16(27)22-3-1-2-12(22)15(26)19-6-13(23)24/h5,8,10-12,28H,1-4,6-7,17H2,(H,18,20)(H,19,26)(H,21,25)(H,23,24). The third-order valence-corrected chi connectivity index (χ3v) is 4.75. The van der Waals surface area contributed by atoms with Gasteiger partial charge in [-0.05, 0) is 12.8 Å². The number of hydrogen-bond acceptors (Lipinski definition) is 7. The maximum absolute atomic E-state index is 12.8. The normalized spacial score (nSPS) is 18.4. The number of imidazole rings is 1. The highest BCUT2D eigenvalue weighted by molar-refractivity contribution is 7.80. The number of H-pyrrole nitrogens is 1. The number of carboxylic acids is 1. The van der Waals surface area contributed by atoms with Gasteiger partial charge in [0.15, 0.2) is 0 Å². The van der Waals surface area contributed by atoms with Crippen molar-refractivity contribution >= 4 is 36.3 Å². The third-order valence-electron chi connectivity index (χ3n) is 4.38. The molecule has 12 heteroatoms. The number of carbonyl (C=O) groups is 4. The lowest BCUT2D eigenvalue weighted by Crippen LogP contribution is -2.56. The van der Waals surface area contributed by atoms with Gasteiger partial charge in [0.25, 0.3) is 0 Å². The van der Waals surface area contributed by atoms with E-state index in [-0.39, 0.29) is 12.2 Å². The zero-order chi connectivity index (χ0) is 20.7. The second-order valence-corrected chi connectivity index (χ2v) is 6.80. The van der Waals surface area contributed by atoms with Crippen molar-refractivity contribution in [2.45, 2.75) is 37.4 Å². The summed E-state index contributed by atoms with van der Waals surface area (Å²) in [5.41, 5.74) is 6.57. The minimum absolute atomic E-state index is 0.0291. The van der Waals surface area contributed by atoms with Gasteiger partial charge in [-0.2, -0.15) is 12.6 Å². The monoisotopic (exact) mass is 412 g/mol. The van der Waals surface area contributed by atoms with Crippen molar-refractivity contribution in [2.24, 2.45) is 5.73 Å². The molecule has 0 saturated carbocycles. The number of nitrogens with one attached hydrogen (secondary N) is 3. The van der Waals surface area contributed by atoms with Crippen molar-refractivity contribution in [2.75, 3.05) is 18.8 Å². The summed E-state index contributed by atoms with van der Waals surface area (Å²) in [6.07, 6.45) is 4.28. The summed E-state index contributed by atoms with van der Waals surface area (Å²) in [6, 6.07) is -2.61. The zero-order valence-electron chi connectivity index (χ0n) is 15.1. The SMILES string of the molecule is NC(Cc1cnc[nH]1)C(=O)NC(CS)C(=O)N1CCCC1C(=O)NCC(=O)O. The number of amides is 3. The highest BCUT2D eigenvalue weighted by atomic mass is 32.1. The molecule has 28 heavy (non-hydrogen) atoms. The molecule has 0 aliphatic carbocycles. The van der Waals surface area contributed by atoms with E-state index in [2.05, 4.69) is 33.2 Å². The van der Waals surface area contributed by atoms with Crippen LogP contribution < -0.4 is 16.4 Å². The fourth-order valence-corrected chi connectivity index (χ4v) is 3.22. The maximum Gasteiger partial charge on any atom is 0.322 e. The molecule has 3 unspecified atom stereocenters. The smallest absolute Gasteiger partial charge is 0.322 e. The highest BCUT2D eigenvalue weighted by Crippen LogP contribution is 2.19. The van der Waals surface area contributed by atoms with Crippen LogP contribution in [0.5, 0.6) is 0 Å². The number of aliphatic carboxylic acids is 1. The molecular formula is C16H24N6O5S. The van der Waals surface area contributed by atoms with Crippen LogP contribution in [0.15, 0.2) is 12.5 Å². The molecule has 3 amide bonds. The minimum atomic E-state index is -1.17. The Morgan fingerprint density at radius 3 is 2.79 bits per heavy atom. The number of nitrogens with two attached hydrogens (primary N) is 1. The van der Waals surface area contributed by atoms with Gasteiger partial charge in [-0.15, -0.1) is 0 Å². The van der Waals surface area contributed by atoms with E-state index in [1.807, 2.05) is 0 Å². The molecule has 0 aromatic carbocycles. The largest absolute Gasteiger partial charge is 0.480 e. The van der Waals surface area contributed by atoms with Gasteiger partial charge >= 0.3 is 5.97 Å². The quantitative estimate of drug-likeness (QED) is 0.252. The van der Waals surface area contributed by atoms with Gasteiger partial charge < -0.3 is 31.4 Å². The number of thiol groups is 1. The summed E-state index contributed by atoms with van der Waals surface area (Å²) >= 11 is 4.13. The molecule has 1 saturated heterocycles. The van der Waals surface area contributed by atoms with E-state index in [9.17, 15) is 19.2 Å². The van der Waals surface area contributed by atoms with Crippen molar-refractivity contribution in [3.63, 3.8) is 0 Å². The molecule has 0 bridgehead atoms. The third kappa shape index (κ3) is 5.70. The average Bonchev–Trinajstić information content (AvgIpc) is 3.34. The first kappa shape index (κ1) is 21.7. The van der Waals surface area contributed by atoms with E-state index in [0.29, 0.717) is 25.1 Å². The molecule has 1 aromatic heterocycles. The molecule has 2 rings (SSSR count). The molecule has 1 aliphatic heterocycles. The van der Waals surface area contributed by atoms with Gasteiger partial charge in [0, 0.05) is 30.6 Å². The topological polar surface area (TPSA) is 171 Å². The van der Waals surface area contributed by atoms with Gasteiger partial charge in [0.1, 0.15) is 18.6 Å². The summed E-state index contributed by atoms with van der Waals surface area (Å²) in [5, 5.41) is 13.5. The number of aromatic amines is 1. The van der Waals surface area contributed by atoms with Crippen molar-refractivity contribution in [3.8, 4) is 0 Å². The Kier molecular flexibility index (Phi) is 7.81. The summed E-state index contributed by atoms with van der Waals surface area (Å²) in [5.74, 6) is -2.65. The van der Waals surface area contributed by atoms with Gasteiger partial charge in [-0.3, -0.25) is 19.2 Å². The van der Waals surface area contributed by atoms with Crippen LogP contribution in [-0.2, 0) is 25.6 Å². The fourth-order valence-electron chi connectivity index (χ4n) is 2.97. The predicted octanol–water partition coefficient (Wildman–Crippen LogP) is -2.11. The minimum Gasteiger partial charge on any atom is -0.480 e. The van der Waals surface area contributed by atoms with Crippen molar-refractivity contribution in [3.05, 3.63) is 18.2 Å². The van der Waals surface area contributed by atoms with E-state index in [4.69, 9.17) is 10.8 Å². The molecule has 0 spiro atoms. The lowest BCUT2D eigenvalue weighted by atomic mass is 10.1. The molecule has 6 N–H and O–H groups in total. The summed E-state index contributed by atoms with van der Waals surface area (Å²) in [6.45, 7) is -0.184. The molecule has 1 aliphatic rings. The predicted molar refractivity (Wildman–Crippen MR) is 101 cm³/mol. The molecule has 0 radical (unpaired) electrons. The first-order chi connectivity index (χ1) is 13.3. The Morgan fingerprint density at radius 1 is 1.43 bits per heavy atom. The number of nitrogens with zero attached hydrogens (tertiary/aromatic N) is 2. The first-order valence-electron chi connectivity index (χ1n) is 8.77. The van der Waals surface area contributed by atoms with Crippen molar-refractivity contribution < 1.29 is 24.3 Å². The van der Waals surface area contributed by atoms with E-state index in [0.717, 1.165) is 0 Å². The summed E-state index contributed by atoms with van der Waals surface area (Å²) in [4.78, 5) is 56.0. The van der Waals surface area contributed by atoms with Crippen LogP contribution in [0.4, 0.5) is 0 Å².